The Bertz CT molecular complexity index is 1360. The number of pyridine rings is 1. The number of rotatable bonds is 7. The predicted octanol–water partition coefficient (Wildman–Crippen LogP) is 5.95. The molecule has 0 spiro atoms. The van der Waals surface area contributed by atoms with Crippen molar-refractivity contribution < 1.29 is 36.3 Å². The number of nitrogens with zero attached hydrogens (tertiary/aromatic N) is 4. The summed E-state index contributed by atoms with van der Waals surface area (Å²) in [4.78, 5) is 27.9. The number of amides is 1. The number of alkyl halides is 5. The normalized spacial score (nSPS) is 18.3. The SMILES string of the molecule is O=C(COc1ncccc1C(F)(F)F)N1CCC(c2nc(C3=NOC(c4[c]cccc4C(F)F)C3)cs2)CC1. The molecule has 2 aliphatic heterocycles. The zero-order chi connectivity index (χ0) is 27.6. The lowest BCUT2D eigenvalue weighted by molar-refractivity contribution is -0.141. The van der Waals surface area contributed by atoms with Gasteiger partial charge in [0.2, 0.25) is 5.88 Å². The molecule has 205 valence electrons. The summed E-state index contributed by atoms with van der Waals surface area (Å²) in [5.41, 5.74) is 0.300. The number of carbonyl (C=O) groups is 1. The van der Waals surface area contributed by atoms with E-state index < -0.39 is 42.7 Å². The van der Waals surface area contributed by atoms with Crippen molar-refractivity contribution in [1.82, 2.24) is 14.9 Å². The predicted molar refractivity (Wildman–Crippen MR) is 131 cm³/mol. The molecule has 1 fully saturated rings. The second-order valence-corrected chi connectivity index (χ2v) is 9.93. The topological polar surface area (TPSA) is 76.9 Å². The molecule has 0 aliphatic carbocycles. The highest BCUT2D eigenvalue weighted by atomic mass is 32.1. The number of hydrogen-bond acceptors (Lipinski definition) is 7. The molecule has 5 rings (SSSR count). The van der Waals surface area contributed by atoms with E-state index in [-0.39, 0.29) is 17.0 Å². The van der Waals surface area contributed by atoms with Crippen molar-refractivity contribution in [3.8, 4) is 5.88 Å². The fraction of sp³-hybridized carbons (Fsp3) is 0.385. The summed E-state index contributed by atoms with van der Waals surface area (Å²) < 4.78 is 71.2. The minimum absolute atomic E-state index is 0.0907. The first-order valence-corrected chi connectivity index (χ1v) is 13.0. The van der Waals surface area contributed by atoms with Gasteiger partial charge in [0.1, 0.15) is 11.3 Å². The summed E-state index contributed by atoms with van der Waals surface area (Å²) in [6, 6.07) is 9.26. The van der Waals surface area contributed by atoms with E-state index in [1.165, 1.54) is 29.7 Å². The fourth-order valence-corrected chi connectivity index (χ4v) is 5.54. The van der Waals surface area contributed by atoms with Gasteiger partial charge in [0, 0.05) is 48.1 Å². The molecule has 4 heterocycles. The van der Waals surface area contributed by atoms with Crippen LogP contribution in [0.15, 0.2) is 47.1 Å². The number of likely N-dealkylation sites (tertiary alicyclic amines) is 1. The average Bonchev–Trinajstić information content (AvgIpc) is 3.62. The summed E-state index contributed by atoms with van der Waals surface area (Å²) in [6.07, 6.45) is -5.23. The van der Waals surface area contributed by atoms with Crippen LogP contribution in [0.3, 0.4) is 0 Å². The Kier molecular flexibility index (Phi) is 7.78. The molecule has 0 saturated carbocycles. The molecule has 1 saturated heterocycles. The number of aromatic nitrogens is 2. The molecule has 0 bridgehead atoms. The van der Waals surface area contributed by atoms with Gasteiger partial charge in [0.25, 0.3) is 12.3 Å². The first kappa shape index (κ1) is 27.0. The first-order chi connectivity index (χ1) is 18.7. The first-order valence-electron chi connectivity index (χ1n) is 12.1. The van der Waals surface area contributed by atoms with Crippen molar-refractivity contribution in [2.24, 2.45) is 5.16 Å². The van der Waals surface area contributed by atoms with Crippen molar-refractivity contribution in [3.05, 3.63) is 75.4 Å². The molecule has 2 aromatic heterocycles. The van der Waals surface area contributed by atoms with Crippen molar-refractivity contribution in [3.63, 3.8) is 0 Å². The van der Waals surface area contributed by atoms with Crippen LogP contribution in [-0.4, -0.2) is 46.2 Å². The maximum atomic E-state index is 13.4. The monoisotopic (exact) mass is 565 g/mol. The molecule has 13 heteroatoms. The highest BCUT2D eigenvalue weighted by Crippen LogP contribution is 2.37. The van der Waals surface area contributed by atoms with Crippen LogP contribution in [0.25, 0.3) is 0 Å². The van der Waals surface area contributed by atoms with Gasteiger partial charge < -0.3 is 14.5 Å². The van der Waals surface area contributed by atoms with Gasteiger partial charge >= 0.3 is 6.18 Å². The lowest BCUT2D eigenvalue weighted by Gasteiger charge is -2.31. The number of hydrogen-bond donors (Lipinski definition) is 0. The van der Waals surface area contributed by atoms with Gasteiger partial charge in [-0.15, -0.1) is 11.3 Å². The zero-order valence-electron chi connectivity index (χ0n) is 20.3. The molecule has 1 atom stereocenters. The summed E-state index contributed by atoms with van der Waals surface area (Å²) >= 11 is 1.45. The number of thiazole rings is 1. The van der Waals surface area contributed by atoms with E-state index >= 15 is 0 Å². The van der Waals surface area contributed by atoms with Gasteiger partial charge in [-0.3, -0.25) is 4.79 Å². The largest absolute Gasteiger partial charge is 0.467 e. The van der Waals surface area contributed by atoms with E-state index in [4.69, 9.17) is 9.57 Å². The standard InChI is InChI=1S/C26H22F5N4O3S/c27-23(28)17-5-2-1-4-16(17)21-12-19(34-38-21)20-14-39-25(33-20)15-7-10-35(11-8-15)22(36)13-37-24-18(26(29,30)31)6-3-9-32-24/h1-3,5-6,9,14-15,21,23H,7-8,10-13H2. The van der Waals surface area contributed by atoms with Gasteiger partial charge in [-0.25, -0.2) is 18.7 Å². The van der Waals surface area contributed by atoms with Crippen molar-refractivity contribution in [1.29, 1.82) is 0 Å². The van der Waals surface area contributed by atoms with Crippen LogP contribution in [0.4, 0.5) is 22.0 Å². The van der Waals surface area contributed by atoms with Gasteiger partial charge in [-0.1, -0.05) is 23.4 Å². The number of piperidine rings is 1. The number of halogens is 5. The summed E-state index contributed by atoms with van der Waals surface area (Å²) in [5, 5.41) is 6.79. The van der Waals surface area contributed by atoms with Crippen LogP contribution in [0, 0.1) is 6.07 Å². The van der Waals surface area contributed by atoms with Gasteiger partial charge in [0.15, 0.2) is 12.7 Å². The Labute approximate surface area is 224 Å². The molecule has 1 radical (unpaired) electrons. The molecule has 7 nitrogen and oxygen atoms in total. The number of benzene rings is 1. The van der Waals surface area contributed by atoms with Gasteiger partial charge in [0.05, 0.1) is 10.7 Å². The highest BCUT2D eigenvalue weighted by Gasteiger charge is 2.36. The summed E-state index contributed by atoms with van der Waals surface area (Å²) in [7, 11) is 0. The fourth-order valence-electron chi connectivity index (χ4n) is 4.54. The quantitative estimate of drug-likeness (QED) is 0.331. The Hall–Kier alpha value is -3.61. The van der Waals surface area contributed by atoms with E-state index in [0.29, 0.717) is 43.8 Å². The maximum absolute atomic E-state index is 13.4. The molecular weight excluding hydrogens is 543 g/mol. The number of oxime groups is 1. The van der Waals surface area contributed by atoms with Crippen molar-refractivity contribution >= 4 is 23.0 Å². The minimum Gasteiger partial charge on any atom is -0.467 e. The number of ether oxygens (including phenoxy) is 1. The molecule has 0 N–H and O–H groups in total. The third-order valence-electron chi connectivity index (χ3n) is 6.57. The smallest absolute Gasteiger partial charge is 0.421 e. The molecule has 2 aliphatic rings. The molecule has 3 aromatic rings. The second kappa shape index (κ2) is 11.2. The average molecular weight is 566 g/mol. The Balaban J connectivity index is 1.14. The van der Waals surface area contributed by atoms with Crippen LogP contribution in [0.2, 0.25) is 0 Å². The third-order valence-corrected chi connectivity index (χ3v) is 7.58. The Morgan fingerprint density at radius 3 is 2.77 bits per heavy atom. The molecule has 1 unspecified atom stereocenters. The van der Waals surface area contributed by atoms with Gasteiger partial charge in [-0.05, 0) is 31.0 Å². The zero-order valence-corrected chi connectivity index (χ0v) is 21.1. The molecule has 39 heavy (non-hydrogen) atoms. The van der Waals surface area contributed by atoms with Crippen LogP contribution in [0.5, 0.6) is 5.88 Å². The molecule has 1 aromatic carbocycles. The Morgan fingerprint density at radius 1 is 1.23 bits per heavy atom. The van der Waals surface area contributed by atoms with E-state index in [1.807, 2.05) is 5.38 Å². The Morgan fingerprint density at radius 2 is 2.03 bits per heavy atom. The van der Waals surface area contributed by atoms with Crippen LogP contribution in [0.1, 0.15) is 65.1 Å². The molecule has 1 amide bonds. The second-order valence-electron chi connectivity index (χ2n) is 9.04. The van der Waals surface area contributed by atoms with E-state index in [1.54, 1.807) is 11.0 Å². The van der Waals surface area contributed by atoms with Crippen LogP contribution >= 0.6 is 11.3 Å². The van der Waals surface area contributed by atoms with Crippen LogP contribution in [-0.2, 0) is 15.8 Å². The minimum atomic E-state index is -4.64. The summed E-state index contributed by atoms with van der Waals surface area (Å²) in [5.74, 6) is -0.954. The number of carbonyl (C=O) groups excluding carboxylic acids is 1. The highest BCUT2D eigenvalue weighted by molar-refractivity contribution is 7.10. The van der Waals surface area contributed by atoms with E-state index in [2.05, 4.69) is 21.2 Å². The maximum Gasteiger partial charge on any atom is 0.421 e. The van der Waals surface area contributed by atoms with Gasteiger partial charge in [-0.2, -0.15) is 13.2 Å². The van der Waals surface area contributed by atoms with E-state index in [9.17, 15) is 26.7 Å². The summed E-state index contributed by atoms with van der Waals surface area (Å²) in [6.45, 7) is 0.268. The lowest BCUT2D eigenvalue weighted by Crippen LogP contribution is -2.40. The van der Waals surface area contributed by atoms with Crippen molar-refractivity contribution in [2.75, 3.05) is 19.7 Å². The van der Waals surface area contributed by atoms with Crippen molar-refractivity contribution in [2.45, 2.75) is 43.9 Å². The van der Waals surface area contributed by atoms with Crippen LogP contribution < -0.4 is 4.74 Å². The third kappa shape index (κ3) is 6.02. The van der Waals surface area contributed by atoms with E-state index in [0.717, 1.165) is 17.1 Å². The lowest BCUT2D eigenvalue weighted by atomic mass is 9.97. The molecular formula is C26H22F5N4O3S.